The predicted molar refractivity (Wildman–Crippen MR) is 96.4 cm³/mol. The number of esters is 1. The molecule has 2 aromatic rings. The Hall–Kier alpha value is -2.07. The fourth-order valence-electron chi connectivity index (χ4n) is 2.64. The zero-order chi connectivity index (χ0) is 18.0. The van der Waals surface area contributed by atoms with Crippen molar-refractivity contribution in [2.75, 3.05) is 11.9 Å². The number of ether oxygens (including phenoxy) is 1. The number of nitrogens with one attached hydrogen (secondary N) is 1. The van der Waals surface area contributed by atoms with Gasteiger partial charge in [-0.25, -0.2) is 4.79 Å². The van der Waals surface area contributed by atoms with Gasteiger partial charge in [-0.05, 0) is 43.0 Å². The van der Waals surface area contributed by atoms with Crippen molar-refractivity contribution in [1.82, 2.24) is 0 Å². The second kappa shape index (κ2) is 7.44. The maximum atomic E-state index is 12.0. The first-order chi connectivity index (χ1) is 12.0. The van der Waals surface area contributed by atoms with Gasteiger partial charge in [0.25, 0.3) is 5.91 Å². The van der Waals surface area contributed by atoms with Gasteiger partial charge in [0.05, 0.1) is 16.1 Å². The molecule has 3 rings (SSSR count). The van der Waals surface area contributed by atoms with Crippen LogP contribution in [0.15, 0.2) is 18.2 Å². The number of rotatable bonds is 4. The molecule has 25 heavy (non-hydrogen) atoms. The van der Waals surface area contributed by atoms with Crippen molar-refractivity contribution in [2.24, 2.45) is 0 Å². The largest absolute Gasteiger partial charge is 0.452 e. The molecule has 1 heterocycles. The molecule has 0 aliphatic heterocycles. The van der Waals surface area contributed by atoms with Crippen LogP contribution >= 0.6 is 34.5 Å². The van der Waals surface area contributed by atoms with Crippen LogP contribution in [0.25, 0.3) is 0 Å². The Kier molecular flexibility index (Phi) is 5.28. The van der Waals surface area contributed by atoms with E-state index < -0.39 is 18.5 Å². The molecule has 0 bridgehead atoms. The van der Waals surface area contributed by atoms with Crippen LogP contribution in [-0.2, 0) is 22.4 Å². The SMILES string of the molecule is N#Cc1c(NC(=O)COC(=O)c2ccc(Cl)cc2Cl)sc2c1CCC2. The molecule has 1 aromatic carbocycles. The van der Waals surface area contributed by atoms with E-state index in [4.69, 9.17) is 27.9 Å². The summed E-state index contributed by atoms with van der Waals surface area (Å²) < 4.78 is 4.98. The Morgan fingerprint density at radius 1 is 1.32 bits per heavy atom. The number of benzene rings is 1. The van der Waals surface area contributed by atoms with Gasteiger partial charge in [0.1, 0.15) is 11.1 Å². The van der Waals surface area contributed by atoms with Crippen LogP contribution in [0.1, 0.15) is 32.8 Å². The minimum Gasteiger partial charge on any atom is -0.452 e. The molecule has 0 radical (unpaired) electrons. The minimum atomic E-state index is -0.717. The quantitative estimate of drug-likeness (QED) is 0.787. The highest BCUT2D eigenvalue weighted by Crippen LogP contribution is 2.38. The third-order valence-corrected chi connectivity index (χ3v) is 5.53. The summed E-state index contributed by atoms with van der Waals surface area (Å²) in [6.45, 7) is -0.467. The van der Waals surface area contributed by atoms with Crippen LogP contribution in [0.3, 0.4) is 0 Å². The van der Waals surface area contributed by atoms with E-state index in [1.165, 1.54) is 29.5 Å². The normalized spacial score (nSPS) is 12.4. The predicted octanol–water partition coefficient (Wildman–Crippen LogP) is 4.21. The summed E-state index contributed by atoms with van der Waals surface area (Å²) in [6.07, 6.45) is 2.81. The Bertz CT molecular complexity index is 902. The van der Waals surface area contributed by atoms with E-state index in [9.17, 15) is 14.9 Å². The van der Waals surface area contributed by atoms with Crippen LogP contribution in [0.2, 0.25) is 10.0 Å². The number of fused-ring (bicyclic) bond motifs is 1. The van der Waals surface area contributed by atoms with Gasteiger partial charge in [0.15, 0.2) is 6.61 Å². The average Bonchev–Trinajstić information content (AvgIpc) is 3.13. The van der Waals surface area contributed by atoms with Gasteiger partial charge >= 0.3 is 5.97 Å². The van der Waals surface area contributed by atoms with Crippen molar-refractivity contribution in [3.8, 4) is 6.07 Å². The first-order valence-corrected chi connectivity index (χ1v) is 9.03. The maximum Gasteiger partial charge on any atom is 0.340 e. The molecule has 1 aromatic heterocycles. The van der Waals surface area contributed by atoms with E-state index in [-0.39, 0.29) is 10.6 Å². The van der Waals surface area contributed by atoms with Crippen LogP contribution in [0.5, 0.6) is 0 Å². The smallest absolute Gasteiger partial charge is 0.340 e. The number of nitrogens with zero attached hydrogens (tertiary/aromatic N) is 1. The number of carbonyl (C=O) groups is 2. The zero-order valence-corrected chi connectivity index (χ0v) is 15.2. The van der Waals surface area contributed by atoms with E-state index in [2.05, 4.69) is 11.4 Å². The van der Waals surface area contributed by atoms with Gasteiger partial charge in [-0.2, -0.15) is 5.26 Å². The molecule has 0 fully saturated rings. The summed E-state index contributed by atoms with van der Waals surface area (Å²) in [6, 6.07) is 6.51. The van der Waals surface area contributed by atoms with Gasteiger partial charge in [0, 0.05) is 9.90 Å². The number of nitriles is 1. The second-order valence-corrected chi connectivity index (χ2v) is 7.37. The lowest BCUT2D eigenvalue weighted by molar-refractivity contribution is -0.119. The average molecular weight is 395 g/mol. The van der Waals surface area contributed by atoms with Crippen molar-refractivity contribution < 1.29 is 14.3 Å². The van der Waals surface area contributed by atoms with Gasteiger partial charge in [-0.1, -0.05) is 23.2 Å². The van der Waals surface area contributed by atoms with E-state index >= 15 is 0 Å². The first kappa shape index (κ1) is 17.7. The van der Waals surface area contributed by atoms with Gasteiger partial charge < -0.3 is 10.1 Å². The molecular weight excluding hydrogens is 383 g/mol. The molecule has 8 heteroatoms. The van der Waals surface area contributed by atoms with Crippen LogP contribution < -0.4 is 5.32 Å². The van der Waals surface area contributed by atoms with Crippen molar-refractivity contribution in [3.63, 3.8) is 0 Å². The van der Waals surface area contributed by atoms with E-state index in [1.807, 2.05) is 0 Å². The molecule has 0 unspecified atom stereocenters. The summed E-state index contributed by atoms with van der Waals surface area (Å²) in [5.74, 6) is -1.22. The molecule has 1 aliphatic rings. The molecule has 1 amide bonds. The highest BCUT2D eigenvalue weighted by molar-refractivity contribution is 7.16. The van der Waals surface area contributed by atoms with Gasteiger partial charge in [-0.15, -0.1) is 11.3 Å². The number of aryl methyl sites for hydroxylation is 1. The van der Waals surface area contributed by atoms with E-state index in [1.54, 1.807) is 0 Å². The molecule has 0 saturated heterocycles. The second-order valence-electron chi connectivity index (χ2n) is 5.42. The lowest BCUT2D eigenvalue weighted by Gasteiger charge is -2.07. The van der Waals surface area contributed by atoms with E-state index in [0.717, 1.165) is 29.7 Å². The summed E-state index contributed by atoms with van der Waals surface area (Å²) >= 11 is 13.1. The van der Waals surface area contributed by atoms with Crippen molar-refractivity contribution in [3.05, 3.63) is 49.8 Å². The number of thiophene rings is 1. The third-order valence-electron chi connectivity index (χ3n) is 3.77. The Balaban J connectivity index is 1.62. The minimum absolute atomic E-state index is 0.131. The summed E-state index contributed by atoms with van der Waals surface area (Å²) in [7, 11) is 0. The van der Waals surface area contributed by atoms with Crippen LogP contribution in [-0.4, -0.2) is 18.5 Å². The Morgan fingerprint density at radius 2 is 2.12 bits per heavy atom. The number of anilines is 1. The molecular formula is C17H12Cl2N2O3S. The van der Waals surface area contributed by atoms with Gasteiger partial charge in [0.2, 0.25) is 0 Å². The molecule has 1 aliphatic carbocycles. The van der Waals surface area contributed by atoms with Crippen molar-refractivity contribution in [2.45, 2.75) is 19.3 Å². The Labute approximate surface area is 158 Å². The van der Waals surface area contributed by atoms with Crippen molar-refractivity contribution in [1.29, 1.82) is 5.26 Å². The lowest BCUT2D eigenvalue weighted by atomic mass is 10.1. The standard InChI is InChI=1S/C17H12Cl2N2O3S/c18-9-4-5-11(13(19)6-9)17(23)24-8-15(22)21-16-12(7-20)10-2-1-3-14(10)25-16/h4-6H,1-3,8H2,(H,21,22). The number of halogens is 2. The summed E-state index contributed by atoms with van der Waals surface area (Å²) in [4.78, 5) is 25.2. The lowest BCUT2D eigenvalue weighted by Crippen LogP contribution is -2.21. The fraction of sp³-hybridized carbons (Fsp3) is 0.235. The topological polar surface area (TPSA) is 79.2 Å². The Morgan fingerprint density at radius 3 is 2.84 bits per heavy atom. The molecule has 5 nitrogen and oxygen atoms in total. The number of amides is 1. The zero-order valence-electron chi connectivity index (χ0n) is 12.9. The first-order valence-electron chi connectivity index (χ1n) is 7.46. The molecule has 0 atom stereocenters. The summed E-state index contributed by atoms with van der Waals surface area (Å²) in [5, 5.41) is 13.0. The highest BCUT2D eigenvalue weighted by atomic mass is 35.5. The van der Waals surface area contributed by atoms with Crippen LogP contribution in [0.4, 0.5) is 5.00 Å². The number of hydrogen-bond donors (Lipinski definition) is 1. The molecule has 0 spiro atoms. The highest BCUT2D eigenvalue weighted by Gasteiger charge is 2.23. The number of carbonyl (C=O) groups excluding carboxylic acids is 2. The molecule has 0 saturated carbocycles. The molecule has 1 N–H and O–H groups in total. The number of hydrogen-bond acceptors (Lipinski definition) is 5. The fourth-order valence-corrected chi connectivity index (χ4v) is 4.38. The van der Waals surface area contributed by atoms with E-state index in [0.29, 0.717) is 15.6 Å². The van der Waals surface area contributed by atoms with Gasteiger partial charge in [-0.3, -0.25) is 4.79 Å². The summed E-state index contributed by atoms with van der Waals surface area (Å²) in [5.41, 5.74) is 1.66. The third kappa shape index (κ3) is 3.79. The maximum absolute atomic E-state index is 12.0. The van der Waals surface area contributed by atoms with Crippen LogP contribution in [0, 0.1) is 11.3 Å². The monoisotopic (exact) mass is 394 g/mol. The van der Waals surface area contributed by atoms with Crippen molar-refractivity contribution >= 4 is 51.4 Å². The molecule has 128 valence electrons.